The molecule has 0 radical (unpaired) electrons. The Morgan fingerprint density at radius 3 is 2.58 bits per heavy atom. The molecule has 6 heteroatoms. The van der Waals surface area contributed by atoms with Crippen LogP contribution in [0.3, 0.4) is 0 Å². The van der Waals surface area contributed by atoms with Crippen LogP contribution < -0.4 is 5.73 Å². The van der Waals surface area contributed by atoms with Crippen LogP contribution in [0.1, 0.15) is 29.3 Å². The lowest BCUT2D eigenvalue weighted by atomic mass is 10.1. The SMILES string of the molecule is CCCN(CC(F)(F)F)C(=O)c1cccc(CN)c1. The molecular formula is C13H17F3N2O. The molecule has 0 unspecified atom stereocenters. The maximum absolute atomic E-state index is 12.4. The standard InChI is InChI=1S/C13H17F3N2O/c1-2-6-18(9-13(14,15)16)12(19)11-5-3-4-10(7-11)8-17/h3-5,7H,2,6,8-9,17H2,1H3. The summed E-state index contributed by atoms with van der Waals surface area (Å²) < 4.78 is 37.3. The van der Waals surface area contributed by atoms with Gasteiger partial charge in [0.05, 0.1) is 0 Å². The first-order valence-electron chi connectivity index (χ1n) is 6.02. The van der Waals surface area contributed by atoms with Crippen LogP contribution in [0.25, 0.3) is 0 Å². The smallest absolute Gasteiger partial charge is 0.330 e. The fourth-order valence-corrected chi connectivity index (χ4v) is 1.75. The monoisotopic (exact) mass is 274 g/mol. The molecule has 3 nitrogen and oxygen atoms in total. The predicted octanol–water partition coefficient (Wildman–Crippen LogP) is 2.56. The van der Waals surface area contributed by atoms with Gasteiger partial charge in [-0.15, -0.1) is 0 Å². The van der Waals surface area contributed by atoms with E-state index in [0.29, 0.717) is 12.0 Å². The lowest BCUT2D eigenvalue weighted by Crippen LogP contribution is -2.39. The summed E-state index contributed by atoms with van der Waals surface area (Å²) in [6, 6.07) is 6.37. The minimum Gasteiger partial charge on any atom is -0.330 e. The molecule has 1 rings (SSSR count). The summed E-state index contributed by atoms with van der Waals surface area (Å²) in [5.41, 5.74) is 6.40. The zero-order valence-electron chi connectivity index (χ0n) is 10.7. The third-order valence-corrected chi connectivity index (χ3v) is 2.56. The second kappa shape index (κ2) is 6.56. The van der Waals surface area contributed by atoms with E-state index >= 15 is 0 Å². The van der Waals surface area contributed by atoms with Crippen LogP contribution >= 0.6 is 0 Å². The molecular weight excluding hydrogens is 257 g/mol. The molecule has 0 aliphatic rings. The van der Waals surface area contributed by atoms with E-state index < -0.39 is 18.6 Å². The Labute approximate surface area is 110 Å². The lowest BCUT2D eigenvalue weighted by Gasteiger charge is -2.23. The Hall–Kier alpha value is -1.56. The summed E-state index contributed by atoms with van der Waals surface area (Å²) in [6.07, 6.45) is -3.92. The number of carbonyl (C=O) groups is 1. The minimum atomic E-state index is -4.39. The van der Waals surface area contributed by atoms with Crippen molar-refractivity contribution in [2.75, 3.05) is 13.1 Å². The number of amides is 1. The Balaban J connectivity index is 2.91. The van der Waals surface area contributed by atoms with Crippen molar-refractivity contribution in [2.24, 2.45) is 5.73 Å². The van der Waals surface area contributed by atoms with E-state index in [1.54, 1.807) is 19.1 Å². The number of nitrogens with zero attached hydrogens (tertiary/aromatic N) is 1. The van der Waals surface area contributed by atoms with Crippen molar-refractivity contribution in [2.45, 2.75) is 26.1 Å². The number of halogens is 3. The second-order valence-corrected chi connectivity index (χ2v) is 4.25. The molecule has 0 fully saturated rings. The fourth-order valence-electron chi connectivity index (χ4n) is 1.75. The van der Waals surface area contributed by atoms with Gasteiger partial charge in [-0.1, -0.05) is 19.1 Å². The van der Waals surface area contributed by atoms with E-state index in [9.17, 15) is 18.0 Å². The molecule has 0 spiro atoms. The van der Waals surface area contributed by atoms with Crippen molar-refractivity contribution < 1.29 is 18.0 Å². The molecule has 2 N–H and O–H groups in total. The van der Waals surface area contributed by atoms with Crippen molar-refractivity contribution in [3.8, 4) is 0 Å². The Morgan fingerprint density at radius 2 is 2.05 bits per heavy atom. The third-order valence-electron chi connectivity index (χ3n) is 2.56. The number of nitrogens with two attached hydrogens (primary N) is 1. The van der Waals surface area contributed by atoms with Crippen LogP contribution in [0.5, 0.6) is 0 Å². The number of alkyl halides is 3. The molecule has 1 aromatic carbocycles. The zero-order chi connectivity index (χ0) is 14.5. The van der Waals surface area contributed by atoms with E-state index in [0.717, 1.165) is 4.90 Å². The van der Waals surface area contributed by atoms with Crippen LogP contribution in [-0.4, -0.2) is 30.1 Å². The van der Waals surface area contributed by atoms with Crippen molar-refractivity contribution in [3.05, 3.63) is 35.4 Å². The molecule has 0 aliphatic carbocycles. The number of hydrogen-bond donors (Lipinski definition) is 1. The van der Waals surface area contributed by atoms with Gasteiger partial charge in [0.25, 0.3) is 5.91 Å². The van der Waals surface area contributed by atoms with Gasteiger partial charge in [-0.3, -0.25) is 4.79 Å². The first-order chi connectivity index (χ1) is 8.87. The van der Waals surface area contributed by atoms with Crippen LogP contribution in [0.15, 0.2) is 24.3 Å². The van der Waals surface area contributed by atoms with Gasteiger partial charge in [0.15, 0.2) is 0 Å². The number of benzene rings is 1. The maximum atomic E-state index is 12.4. The molecule has 0 atom stereocenters. The van der Waals surface area contributed by atoms with E-state index in [1.807, 2.05) is 0 Å². The first-order valence-corrected chi connectivity index (χ1v) is 6.02. The van der Waals surface area contributed by atoms with Crippen LogP contribution in [0.4, 0.5) is 13.2 Å². The van der Waals surface area contributed by atoms with Crippen LogP contribution in [-0.2, 0) is 6.54 Å². The highest BCUT2D eigenvalue weighted by Crippen LogP contribution is 2.18. The Bertz CT molecular complexity index is 432. The van der Waals surface area contributed by atoms with Gasteiger partial charge in [0.2, 0.25) is 0 Å². The summed E-state index contributed by atoms with van der Waals surface area (Å²) in [6.45, 7) is 0.818. The third kappa shape index (κ3) is 4.90. The van der Waals surface area contributed by atoms with Crippen molar-refractivity contribution >= 4 is 5.91 Å². The summed E-state index contributed by atoms with van der Waals surface area (Å²) in [5.74, 6) is -0.616. The topological polar surface area (TPSA) is 46.3 Å². The van der Waals surface area contributed by atoms with Gasteiger partial charge >= 0.3 is 6.18 Å². The fraction of sp³-hybridized carbons (Fsp3) is 0.462. The molecule has 0 heterocycles. The van der Waals surface area contributed by atoms with Crippen molar-refractivity contribution in [1.29, 1.82) is 0 Å². The number of carbonyl (C=O) groups excluding carboxylic acids is 1. The summed E-state index contributed by atoms with van der Waals surface area (Å²) >= 11 is 0. The van der Waals surface area contributed by atoms with E-state index in [2.05, 4.69) is 0 Å². The van der Waals surface area contributed by atoms with Crippen molar-refractivity contribution in [3.63, 3.8) is 0 Å². The summed E-state index contributed by atoms with van der Waals surface area (Å²) in [7, 11) is 0. The molecule has 0 aromatic heterocycles. The van der Waals surface area contributed by atoms with Gasteiger partial charge in [-0.05, 0) is 24.1 Å². The molecule has 1 aromatic rings. The van der Waals surface area contributed by atoms with Gasteiger partial charge < -0.3 is 10.6 Å². The van der Waals surface area contributed by atoms with Crippen LogP contribution in [0, 0.1) is 0 Å². The largest absolute Gasteiger partial charge is 0.406 e. The molecule has 0 saturated carbocycles. The van der Waals surface area contributed by atoms with E-state index in [-0.39, 0.29) is 18.7 Å². The first kappa shape index (κ1) is 15.5. The minimum absolute atomic E-state index is 0.0746. The Morgan fingerprint density at radius 1 is 1.37 bits per heavy atom. The predicted molar refractivity (Wildman–Crippen MR) is 66.6 cm³/mol. The molecule has 1 amide bonds. The average molecular weight is 274 g/mol. The normalized spacial score (nSPS) is 11.4. The van der Waals surface area contributed by atoms with E-state index in [1.165, 1.54) is 12.1 Å². The molecule has 0 saturated heterocycles. The highest BCUT2D eigenvalue weighted by molar-refractivity contribution is 5.94. The quantitative estimate of drug-likeness (QED) is 0.897. The Kier molecular flexibility index (Phi) is 5.35. The maximum Gasteiger partial charge on any atom is 0.406 e. The number of rotatable bonds is 5. The molecule has 0 bridgehead atoms. The van der Waals surface area contributed by atoms with Gasteiger partial charge in [-0.2, -0.15) is 13.2 Å². The number of hydrogen-bond acceptors (Lipinski definition) is 2. The summed E-state index contributed by atoms with van der Waals surface area (Å²) in [4.78, 5) is 12.9. The molecule has 0 aliphatic heterocycles. The lowest BCUT2D eigenvalue weighted by molar-refractivity contribution is -0.140. The van der Waals surface area contributed by atoms with Gasteiger partial charge in [0.1, 0.15) is 6.54 Å². The van der Waals surface area contributed by atoms with Gasteiger partial charge in [-0.25, -0.2) is 0 Å². The van der Waals surface area contributed by atoms with E-state index in [4.69, 9.17) is 5.73 Å². The average Bonchev–Trinajstić information content (AvgIpc) is 2.36. The van der Waals surface area contributed by atoms with Crippen molar-refractivity contribution in [1.82, 2.24) is 4.90 Å². The highest BCUT2D eigenvalue weighted by atomic mass is 19.4. The molecule has 19 heavy (non-hydrogen) atoms. The zero-order valence-corrected chi connectivity index (χ0v) is 10.7. The second-order valence-electron chi connectivity index (χ2n) is 4.25. The van der Waals surface area contributed by atoms with Gasteiger partial charge in [0, 0.05) is 18.7 Å². The molecule has 106 valence electrons. The summed E-state index contributed by atoms with van der Waals surface area (Å²) in [5, 5.41) is 0. The highest BCUT2D eigenvalue weighted by Gasteiger charge is 2.32. The van der Waals surface area contributed by atoms with Crippen LogP contribution in [0.2, 0.25) is 0 Å².